The summed E-state index contributed by atoms with van der Waals surface area (Å²) in [5.41, 5.74) is 0. The molecule has 90 valence electrons. The molecule has 1 fully saturated rings. The highest BCUT2D eigenvalue weighted by atomic mass is 15.2. The number of likely N-dealkylation sites (N-methyl/N-ethyl adjacent to an activating group) is 2. The lowest BCUT2D eigenvalue weighted by molar-refractivity contribution is 0.116. The number of hydrogen-bond donors (Lipinski definition) is 1. The molecule has 1 rings (SSSR count). The molecule has 1 aliphatic heterocycles. The van der Waals surface area contributed by atoms with E-state index in [1.807, 2.05) is 0 Å². The van der Waals surface area contributed by atoms with E-state index in [0.29, 0.717) is 6.04 Å². The molecule has 3 nitrogen and oxygen atoms in total. The summed E-state index contributed by atoms with van der Waals surface area (Å²) in [5.74, 6) is 0.787. The lowest BCUT2D eigenvalue weighted by Crippen LogP contribution is -2.48. The van der Waals surface area contributed by atoms with Crippen LogP contribution in [0.4, 0.5) is 0 Å². The predicted octanol–water partition coefficient (Wildman–Crippen LogP) is 0.866. The van der Waals surface area contributed by atoms with E-state index in [2.05, 4.69) is 50.0 Å². The lowest BCUT2D eigenvalue weighted by Gasteiger charge is -2.36. The first-order chi connectivity index (χ1) is 7.06. The first-order valence-corrected chi connectivity index (χ1v) is 6.17. The molecule has 0 saturated carbocycles. The van der Waals surface area contributed by atoms with Gasteiger partial charge in [0.25, 0.3) is 0 Å². The first-order valence-electron chi connectivity index (χ1n) is 6.17. The van der Waals surface area contributed by atoms with Gasteiger partial charge in [0.05, 0.1) is 0 Å². The molecule has 0 amide bonds. The summed E-state index contributed by atoms with van der Waals surface area (Å²) in [4.78, 5) is 4.92. The second kappa shape index (κ2) is 5.83. The summed E-state index contributed by atoms with van der Waals surface area (Å²) in [6.45, 7) is 11.6. The van der Waals surface area contributed by atoms with E-state index in [1.165, 1.54) is 6.54 Å². The summed E-state index contributed by atoms with van der Waals surface area (Å²) in [7, 11) is 4.31. The third kappa shape index (κ3) is 3.44. The molecule has 0 aromatic heterocycles. The van der Waals surface area contributed by atoms with Crippen LogP contribution in [0.5, 0.6) is 0 Å². The third-order valence-electron chi connectivity index (χ3n) is 3.46. The standard InChI is InChI=1S/C12H27N3/c1-6-15(11(3)9-14(4)5)12-8-13-7-10(12)2/h10-13H,6-9H2,1-5H3. The normalized spacial score (nSPS) is 29.0. The van der Waals surface area contributed by atoms with Gasteiger partial charge in [-0.2, -0.15) is 0 Å². The van der Waals surface area contributed by atoms with Gasteiger partial charge in [-0.25, -0.2) is 0 Å². The van der Waals surface area contributed by atoms with Crippen molar-refractivity contribution in [2.75, 3.05) is 40.3 Å². The van der Waals surface area contributed by atoms with Crippen LogP contribution in [-0.2, 0) is 0 Å². The fourth-order valence-electron chi connectivity index (χ4n) is 2.75. The fourth-order valence-corrected chi connectivity index (χ4v) is 2.75. The predicted molar refractivity (Wildman–Crippen MR) is 66.2 cm³/mol. The highest BCUT2D eigenvalue weighted by molar-refractivity contribution is 4.88. The number of hydrogen-bond acceptors (Lipinski definition) is 3. The van der Waals surface area contributed by atoms with Crippen molar-refractivity contribution in [2.45, 2.75) is 32.9 Å². The number of rotatable bonds is 5. The van der Waals surface area contributed by atoms with Crippen molar-refractivity contribution in [3.8, 4) is 0 Å². The third-order valence-corrected chi connectivity index (χ3v) is 3.46. The van der Waals surface area contributed by atoms with Crippen molar-refractivity contribution in [1.29, 1.82) is 0 Å². The molecule has 3 heteroatoms. The summed E-state index contributed by atoms with van der Waals surface area (Å²) in [6, 6.07) is 1.38. The van der Waals surface area contributed by atoms with Crippen LogP contribution in [0.2, 0.25) is 0 Å². The molecule has 1 aliphatic rings. The molecular formula is C12H27N3. The van der Waals surface area contributed by atoms with Crippen molar-refractivity contribution in [2.24, 2.45) is 5.92 Å². The van der Waals surface area contributed by atoms with E-state index < -0.39 is 0 Å². The Balaban J connectivity index is 2.53. The zero-order chi connectivity index (χ0) is 11.4. The highest BCUT2D eigenvalue weighted by Crippen LogP contribution is 2.17. The highest BCUT2D eigenvalue weighted by Gasteiger charge is 2.30. The molecule has 15 heavy (non-hydrogen) atoms. The maximum atomic E-state index is 3.49. The Bertz CT molecular complexity index is 182. The summed E-state index contributed by atoms with van der Waals surface area (Å²) >= 11 is 0. The van der Waals surface area contributed by atoms with Gasteiger partial charge in [-0.15, -0.1) is 0 Å². The molecule has 0 aliphatic carbocycles. The minimum absolute atomic E-state index is 0.650. The Morgan fingerprint density at radius 2 is 2.00 bits per heavy atom. The zero-order valence-electron chi connectivity index (χ0n) is 11.0. The van der Waals surface area contributed by atoms with Crippen molar-refractivity contribution >= 4 is 0 Å². The van der Waals surface area contributed by atoms with Crippen LogP contribution in [0.1, 0.15) is 20.8 Å². The Hall–Kier alpha value is -0.120. The van der Waals surface area contributed by atoms with Gasteiger partial charge in [-0.1, -0.05) is 13.8 Å². The average Bonchev–Trinajstić information content (AvgIpc) is 2.52. The summed E-state index contributed by atoms with van der Waals surface area (Å²) < 4.78 is 0. The van der Waals surface area contributed by atoms with Gasteiger partial charge in [-0.3, -0.25) is 4.90 Å². The van der Waals surface area contributed by atoms with E-state index in [-0.39, 0.29) is 0 Å². The molecule has 1 heterocycles. The first kappa shape index (κ1) is 12.9. The summed E-state index contributed by atoms with van der Waals surface area (Å²) in [5, 5.41) is 3.49. The molecule has 0 aromatic carbocycles. The fraction of sp³-hybridized carbons (Fsp3) is 1.00. The Morgan fingerprint density at radius 1 is 1.33 bits per heavy atom. The molecule has 0 radical (unpaired) electrons. The van der Waals surface area contributed by atoms with E-state index in [1.54, 1.807) is 0 Å². The Kier molecular flexibility index (Phi) is 5.03. The van der Waals surface area contributed by atoms with Gasteiger partial charge < -0.3 is 10.2 Å². The van der Waals surface area contributed by atoms with Crippen molar-refractivity contribution in [1.82, 2.24) is 15.1 Å². The summed E-state index contributed by atoms with van der Waals surface area (Å²) in [6.07, 6.45) is 0. The van der Waals surface area contributed by atoms with E-state index in [9.17, 15) is 0 Å². The van der Waals surface area contributed by atoms with Crippen LogP contribution in [0.15, 0.2) is 0 Å². The van der Waals surface area contributed by atoms with E-state index in [0.717, 1.165) is 31.6 Å². The maximum absolute atomic E-state index is 3.49. The van der Waals surface area contributed by atoms with Gasteiger partial charge in [-0.05, 0) is 40.0 Å². The number of nitrogens with one attached hydrogen (secondary N) is 1. The largest absolute Gasteiger partial charge is 0.315 e. The molecule has 3 unspecified atom stereocenters. The van der Waals surface area contributed by atoms with Crippen LogP contribution >= 0.6 is 0 Å². The molecule has 0 aromatic rings. The van der Waals surface area contributed by atoms with Gasteiger partial charge in [0.2, 0.25) is 0 Å². The van der Waals surface area contributed by atoms with Crippen LogP contribution in [0.3, 0.4) is 0 Å². The van der Waals surface area contributed by atoms with E-state index >= 15 is 0 Å². The lowest BCUT2D eigenvalue weighted by atomic mass is 10.0. The van der Waals surface area contributed by atoms with Crippen LogP contribution in [0, 0.1) is 5.92 Å². The molecular weight excluding hydrogens is 186 g/mol. The average molecular weight is 213 g/mol. The Labute approximate surface area is 94.8 Å². The smallest absolute Gasteiger partial charge is 0.0261 e. The van der Waals surface area contributed by atoms with Gasteiger partial charge >= 0.3 is 0 Å². The van der Waals surface area contributed by atoms with Crippen LogP contribution in [0.25, 0.3) is 0 Å². The van der Waals surface area contributed by atoms with Crippen LogP contribution in [-0.4, -0.2) is 62.2 Å². The number of nitrogens with zero attached hydrogens (tertiary/aromatic N) is 2. The maximum Gasteiger partial charge on any atom is 0.0261 e. The van der Waals surface area contributed by atoms with Crippen molar-refractivity contribution in [3.63, 3.8) is 0 Å². The Morgan fingerprint density at radius 3 is 2.40 bits per heavy atom. The monoisotopic (exact) mass is 213 g/mol. The van der Waals surface area contributed by atoms with Crippen molar-refractivity contribution in [3.05, 3.63) is 0 Å². The minimum atomic E-state index is 0.650. The zero-order valence-corrected chi connectivity index (χ0v) is 11.0. The second-order valence-electron chi connectivity index (χ2n) is 5.14. The SMILES string of the molecule is CCN(C(C)CN(C)C)C1CNCC1C. The molecule has 1 saturated heterocycles. The molecule has 3 atom stereocenters. The quantitative estimate of drug-likeness (QED) is 0.731. The molecule has 1 N–H and O–H groups in total. The second-order valence-corrected chi connectivity index (χ2v) is 5.14. The molecule has 0 spiro atoms. The van der Waals surface area contributed by atoms with Gasteiger partial charge in [0.1, 0.15) is 0 Å². The topological polar surface area (TPSA) is 18.5 Å². The minimum Gasteiger partial charge on any atom is -0.315 e. The van der Waals surface area contributed by atoms with Crippen molar-refractivity contribution < 1.29 is 0 Å². The van der Waals surface area contributed by atoms with Gasteiger partial charge in [0.15, 0.2) is 0 Å². The van der Waals surface area contributed by atoms with Gasteiger partial charge in [0, 0.05) is 25.2 Å². The molecule has 0 bridgehead atoms. The van der Waals surface area contributed by atoms with E-state index in [4.69, 9.17) is 0 Å². The van der Waals surface area contributed by atoms with Crippen LogP contribution < -0.4 is 5.32 Å².